The van der Waals surface area contributed by atoms with Gasteiger partial charge in [0, 0.05) is 12.6 Å². The van der Waals surface area contributed by atoms with Gasteiger partial charge in [0.2, 0.25) is 0 Å². The summed E-state index contributed by atoms with van der Waals surface area (Å²) in [5.41, 5.74) is 1.35. The molecule has 19 heavy (non-hydrogen) atoms. The van der Waals surface area contributed by atoms with Crippen LogP contribution in [-0.4, -0.2) is 25.2 Å². The minimum Gasteiger partial charge on any atom is -0.465 e. The normalized spacial score (nSPS) is 20.5. The molecular weight excluding hydrogens is 244 g/mol. The van der Waals surface area contributed by atoms with Crippen molar-refractivity contribution < 1.29 is 14.3 Å². The van der Waals surface area contributed by atoms with Gasteiger partial charge in [-0.05, 0) is 30.0 Å². The molecule has 0 spiro atoms. The van der Waals surface area contributed by atoms with Crippen LogP contribution in [0.1, 0.15) is 29.3 Å². The predicted molar refractivity (Wildman–Crippen MR) is 70.7 cm³/mol. The summed E-state index contributed by atoms with van der Waals surface area (Å²) in [5.74, 6) is 0.200. The Morgan fingerprint density at radius 3 is 2.79 bits per heavy atom. The second-order valence-corrected chi connectivity index (χ2v) is 4.84. The maximum absolute atomic E-state index is 11.6. The highest BCUT2D eigenvalue weighted by Crippen LogP contribution is 2.28. The lowest BCUT2D eigenvalue weighted by atomic mass is 10.1. The molecule has 2 amide bonds. The number of carbonyl (C=O) groups is 2. The number of nitrogens with one attached hydrogen (secondary N) is 2. The standard InChI is InChI=1S/C14H18N2O3/c1-9-6-12(9)16-14(18)15-8-10-4-3-5-11(7-10)13(17)19-2/h3-5,7,9,12H,6,8H2,1-2H3,(H2,15,16,18)/t9-,12+/m1/s1. The third kappa shape index (κ3) is 3.71. The van der Waals surface area contributed by atoms with Crippen LogP contribution >= 0.6 is 0 Å². The molecule has 2 N–H and O–H groups in total. The summed E-state index contributed by atoms with van der Waals surface area (Å²) in [6.07, 6.45) is 1.05. The number of urea groups is 1. The predicted octanol–water partition coefficient (Wildman–Crippen LogP) is 1.68. The number of hydrogen-bond donors (Lipinski definition) is 2. The molecule has 2 atom stereocenters. The SMILES string of the molecule is COC(=O)c1cccc(CNC(=O)N[C@H]2C[C@H]2C)c1. The second-order valence-electron chi connectivity index (χ2n) is 4.84. The van der Waals surface area contributed by atoms with E-state index in [1.807, 2.05) is 6.07 Å². The molecule has 5 heteroatoms. The first-order valence-corrected chi connectivity index (χ1v) is 6.31. The van der Waals surface area contributed by atoms with Crippen LogP contribution in [0, 0.1) is 5.92 Å². The van der Waals surface area contributed by atoms with Crippen LogP contribution in [0.15, 0.2) is 24.3 Å². The maximum atomic E-state index is 11.6. The lowest BCUT2D eigenvalue weighted by Gasteiger charge is -2.08. The Labute approximate surface area is 112 Å². The van der Waals surface area contributed by atoms with E-state index in [-0.39, 0.29) is 12.0 Å². The minimum absolute atomic E-state index is 0.169. The first kappa shape index (κ1) is 13.4. The Hall–Kier alpha value is -2.04. The number of amides is 2. The molecular formula is C14H18N2O3. The second kappa shape index (κ2) is 5.73. The first-order valence-electron chi connectivity index (χ1n) is 6.31. The van der Waals surface area contributed by atoms with E-state index in [0.717, 1.165) is 12.0 Å². The Kier molecular flexibility index (Phi) is 4.04. The van der Waals surface area contributed by atoms with Gasteiger partial charge >= 0.3 is 12.0 Å². The molecule has 0 aliphatic heterocycles. The average Bonchev–Trinajstić information content (AvgIpc) is 3.11. The number of methoxy groups -OCH3 is 1. The Balaban J connectivity index is 1.85. The largest absolute Gasteiger partial charge is 0.465 e. The minimum atomic E-state index is -0.377. The van der Waals surface area contributed by atoms with E-state index in [0.29, 0.717) is 24.1 Å². The van der Waals surface area contributed by atoms with E-state index < -0.39 is 0 Å². The number of benzene rings is 1. The lowest BCUT2D eigenvalue weighted by molar-refractivity contribution is 0.0600. The van der Waals surface area contributed by atoms with Gasteiger partial charge in [0.05, 0.1) is 12.7 Å². The van der Waals surface area contributed by atoms with Crippen molar-refractivity contribution in [2.45, 2.75) is 25.9 Å². The third-order valence-corrected chi connectivity index (χ3v) is 3.23. The zero-order valence-corrected chi connectivity index (χ0v) is 11.1. The summed E-state index contributed by atoms with van der Waals surface area (Å²) in [7, 11) is 1.34. The molecule has 102 valence electrons. The summed E-state index contributed by atoms with van der Waals surface area (Å²) in [6.45, 7) is 2.49. The highest BCUT2D eigenvalue weighted by atomic mass is 16.5. The van der Waals surface area contributed by atoms with E-state index in [2.05, 4.69) is 22.3 Å². The van der Waals surface area contributed by atoms with Crippen molar-refractivity contribution in [3.05, 3.63) is 35.4 Å². The van der Waals surface area contributed by atoms with Crippen molar-refractivity contribution >= 4 is 12.0 Å². The molecule has 0 bridgehead atoms. The fourth-order valence-corrected chi connectivity index (χ4v) is 1.85. The molecule has 1 saturated carbocycles. The lowest BCUT2D eigenvalue weighted by Crippen LogP contribution is -2.36. The summed E-state index contributed by atoms with van der Waals surface area (Å²) < 4.78 is 4.65. The third-order valence-electron chi connectivity index (χ3n) is 3.23. The number of esters is 1. The Morgan fingerprint density at radius 1 is 1.42 bits per heavy atom. The molecule has 0 unspecified atom stereocenters. The van der Waals surface area contributed by atoms with Crippen molar-refractivity contribution in [3.8, 4) is 0 Å². The highest BCUT2D eigenvalue weighted by Gasteiger charge is 2.33. The van der Waals surface area contributed by atoms with Gasteiger partial charge < -0.3 is 15.4 Å². The number of carbonyl (C=O) groups excluding carboxylic acids is 2. The Bertz CT molecular complexity index is 487. The van der Waals surface area contributed by atoms with Crippen LogP contribution in [0.25, 0.3) is 0 Å². The van der Waals surface area contributed by atoms with Gasteiger partial charge in [-0.15, -0.1) is 0 Å². The van der Waals surface area contributed by atoms with Crippen molar-refractivity contribution in [1.82, 2.24) is 10.6 Å². The van der Waals surface area contributed by atoms with Crippen LogP contribution in [0.4, 0.5) is 4.79 Å². The van der Waals surface area contributed by atoms with Gasteiger partial charge in [-0.3, -0.25) is 0 Å². The highest BCUT2D eigenvalue weighted by molar-refractivity contribution is 5.89. The smallest absolute Gasteiger partial charge is 0.337 e. The molecule has 1 aromatic carbocycles. The van der Waals surface area contributed by atoms with Gasteiger partial charge in [0.1, 0.15) is 0 Å². The number of hydrogen-bond acceptors (Lipinski definition) is 3. The van der Waals surface area contributed by atoms with Gasteiger partial charge in [-0.25, -0.2) is 9.59 Å². The van der Waals surface area contributed by atoms with Gasteiger partial charge in [-0.2, -0.15) is 0 Å². The molecule has 0 radical (unpaired) electrons. The fraction of sp³-hybridized carbons (Fsp3) is 0.429. The molecule has 1 aliphatic rings. The van der Waals surface area contributed by atoms with Crippen LogP contribution in [0.2, 0.25) is 0 Å². The molecule has 1 fully saturated rings. The van der Waals surface area contributed by atoms with Crippen molar-refractivity contribution in [2.75, 3.05) is 7.11 Å². The summed E-state index contributed by atoms with van der Waals surface area (Å²) in [4.78, 5) is 22.9. The molecule has 0 saturated heterocycles. The summed E-state index contributed by atoms with van der Waals surface area (Å²) in [5, 5.41) is 5.65. The molecule has 1 aromatic rings. The fourth-order valence-electron chi connectivity index (χ4n) is 1.85. The molecule has 0 aromatic heterocycles. The van der Waals surface area contributed by atoms with E-state index in [1.165, 1.54) is 7.11 Å². The van der Waals surface area contributed by atoms with E-state index in [4.69, 9.17) is 0 Å². The van der Waals surface area contributed by atoms with E-state index >= 15 is 0 Å². The maximum Gasteiger partial charge on any atom is 0.337 e. The van der Waals surface area contributed by atoms with Crippen molar-refractivity contribution in [3.63, 3.8) is 0 Å². The number of rotatable bonds is 4. The molecule has 2 rings (SSSR count). The van der Waals surface area contributed by atoms with Gasteiger partial charge in [0.15, 0.2) is 0 Å². The van der Waals surface area contributed by atoms with Crippen molar-refractivity contribution in [1.29, 1.82) is 0 Å². The van der Waals surface area contributed by atoms with Crippen LogP contribution in [0.3, 0.4) is 0 Å². The summed E-state index contributed by atoms with van der Waals surface area (Å²) >= 11 is 0. The topological polar surface area (TPSA) is 67.4 Å². The van der Waals surface area contributed by atoms with E-state index in [9.17, 15) is 9.59 Å². The Morgan fingerprint density at radius 2 is 2.16 bits per heavy atom. The summed E-state index contributed by atoms with van der Waals surface area (Å²) in [6, 6.07) is 7.16. The quantitative estimate of drug-likeness (QED) is 0.811. The molecule has 1 aliphatic carbocycles. The van der Waals surface area contributed by atoms with Crippen LogP contribution in [-0.2, 0) is 11.3 Å². The zero-order chi connectivity index (χ0) is 13.8. The number of ether oxygens (including phenoxy) is 1. The van der Waals surface area contributed by atoms with Crippen molar-refractivity contribution in [2.24, 2.45) is 5.92 Å². The average molecular weight is 262 g/mol. The molecule has 0 heterocycles. The monoisotopic (exact) mass is 262 g/mol. The zero-order valence-electron chi connectivity index (χ0n) is 11.1. The van der Waals surface area contributed by atoms with Gasteiger partial charge in [-0.1, -0.05) is 19.1 Å². The van der Waals surface area contributed by atoms with Crippen LogP contribution < -0.4 is 10.6 Å². The van der Waals surface area contributed by atoms with Crippen LogP contribution in [0.5, 0.6) is 0 Å². The molecule has 5 nitrogen and oxygen atoms in total. The first-order chi connectivity index (χ1) is 9.10. The van der Waals surface area contributed by atoms with E-state index in [1.54, 1.807) is 18.2 Å². The van der Waals surface area contributed by atoms with Gasteiger partial charge in [0.25, 0.3) is 0 Å².